The first-order valence-electron chi connectivity index (χ1n) is 15.4. The summed E-state index contributed by atoms with van der Waals surface area (Å²) in [4.78, 5) is 31.8. The monoisotopic (exact) mass is 555 g/mol. The Hall–Kier alpha value is -3.32. The highest BCUT2D eigenvalue weighted by atomic mass is 16.5. The molecule has 3 atom stereocenters. The van der Waals surface area contributed by atoms with Crippen molar-refractivity contribution in [3.63, 3.8) is 0 Å². The molecule has 2 aromatic carbocycles. The van der Waals surface area contributed by atoms with Crippen molar-refractivity contribution < 1.29 is 19.1 Å². The Morgan fingerprint density at radius 1 is 0.878 bits per heavy atom. The lowest BCUT2D eigenvalue weighted by atomic mass is 9.81. The molecule has 3 aliphatic heterocycles. The van der Waals surface area contributed by atoms with Gasteiger partial charge in [0, 0.05) is 48.2 Å². The van der Waals surface area contributed by atoms with Gasteiger partial charge in [-0.3, -0.25) is 4.79 Å². The molecule has 1 aliphatic carbocycles. The Bertz CT molecular complexity index is 1490. The fourth-order valence-corrected chi connectivity index (χ4v) is 8.40. The summed E-state index contributed by atoms with van der Waals surface area (Å²) < 4.78 is 13.2. The maximum Gasteiger partial charge on any atom is 0.337 e. The number of aromatic nitrogens is 1. The third-order valence-electron chi connectivity index (χ3n) is 10.2. The molecule has 7 heteroatoms. The number of hydrogen-bond donors (Lipinski definition) is 0. The number of ether oxygens (including phenoxy) is 2. The van der Waals surface area contributed by atoms with Crippen LogP contribution in [0.25, 0.3) is 22.2 Å². The summed E-state index contributed by atoms with van der Waals surface area (Å²) in [5.74, 6) is 1.04. The third-order valence-corrected chi connectivity index (χ3v) is 10.2. The van der Waals surface area contributed by atoms with Gasteiger partial charge in [0.25, 0.3) is 0 Å². The van der Waals surface area contributed by atoms with E-state index < -0.39 is 0 Å². The first kappa shape index (κ1) is 26.6. The van der Waals surface area contributed by atoms with Crippen molar-refractivity contribution in [3.8, 4) is 17.0 Å². The maximum atomic E-state index is 14.5. The SMILES string of the molecule is COC(=O)c1ccc2c(C3CCCCC3)c3n(c2c1)CC(C(=O)N1C2CCC1CN(C)C2)Cc1cc(OC)ccc1-3. The van der Waals surface area contributed by atoms with E-state index in [9.17, 15) is 9.59 Å². The molecule has 216 valence electrons. The van der Waals surface area contributed by atoms with Crippen molar-refractivity contribution in [2.45, 2.75) is 75.9 Å². The van der Waals surface area contributed by atoms with Crippen molar-refractivity contribution in [2.75, 3.05) is 34.4 Å². The number of esters is 1. The van der Waals surface area contributed by atoms with E-state index in [0.29, 0.717) is 36.5 Å². The lowest BCUT2D eigenvalue weighted by Gasteiger charge is -2.41. The minimum absolute atomic E-state index is 0.190. The zero-order valence-corrected chi connectivity index (χ0v) is 24.5. The molecule has 2 saturated heterocycles. The molecule has 1 amide bonds. The number of fused-ring (bicyclic) bond motifs is 7. The van der Waals surface area contributed by atoms with Gasteiger partial charge in [0.15, 0.2) is 0 Å². The van der Waals surface area contributed by atoms with Crippen LogP contribution in [-0.4, -0.2) is 72.7 Å². The smallest absolute Gasteiger partial charge is 0.337 e. The van der Waals surface area contributed by atoms with E-state index in [4.69, 9.17) is 9.47 Å². The quantitative estimate of drug-likeness (QED) is 0.391. The van der Waals surface area contributed by atoms with E-state index in [1.165, 1.54) is 67.0 Å². The van der Waals surface area contributed by atoms with Crippen LogP contribution >= 0.6 is 0 Å². The molecule has 0 N–H and O–H groups in total. The molecule has 1 saturated carbocycles. The minimum atomic E-state index is -0.331. The zero-order valence-electron chi connectivity index (χ0n) is 24.5. The van der Waals surface area contributed by atoms with Gasteiger partial charge in [0.2, 0.25) is 5.91 Å². The highest BCUT2D eigenvalue weighted by Crippen LogP contribution is 2.47. The zero-order chi connectivity index (χ0) is 28.2. The van der Waals surface area contributed by atoms with E-state index in [0.717, 1.165) is 37.2 Å². The van der Waals surface area contributed by atoms with Crippen molar-refractivity contribution in [1.82, 2.24) is 14.4 Å². The van der Waals surface area contributed by atoms with Crippen LogP contribution in [0.5, 0.6) is 5.75 Å². The Kier molecular flexibility index (Phi) is 6.81. The predicted molar refractivity (Wildman–Crippen MR) is 159 cm³/mol. The second-order valence-electron chi connectivity index (χ2n) is 12.7. The fraction of sp³-hybridized carbons (Fsp3) is 0.529. The molecular formula is C34H41N3O4. The van der Waals surface area contributed by atoms with Crippen LogP contribution in [0.1, 0.15) is 72.3 Å². The summed E-state index contributed by atoms with van der Waals surface area (Å²) in [6.45, 7) is 2.50. The first-order valence-corrected chi connectivity index (χ1v) is 15.4. The van der Waals surface area contributed by atoms with E-state index in [-0.39, 0.29) is 17.8 Å². The second-order valence-corrected chi connectivity index (χ2v) is 12.7. The summed E-state index contributed by atoms with van der Waals surface area (Å²) in [6.07, 6.45) is 8.95. The molecule has 4 aliphatic rings. The number of hydrogen-bond acceptors (Lipinski definition) is 5. The third kappa shape index (κ3) is 4.44. The van der Waals surface area contributed by atoms with Crippen molar-refractivity contribution in [1.29, 1.82) is 0 Å². The fourth-order valence-electron chi connectivity index (χ4n) is 8.40. The topological polar surface area (TPSA) is 64.0 Å². The molecule has 0 spiro atoms. The van der Waals surface area contributed by atoms with Gasteiger partial charge in [0.1, 0.15) is 5.75 Å². The van der Waals surface area contributed by atoms with E-state index in [1.807, 2.05) is 18.2 Å². The minimum Gasteiger partial charge on any atom is -0.497 e. The lowest BCUT2D eigenvalue weighted by Crippen LogP contribution is -2.56. The number of nitrogens with zero attached hydrogens (tertiary/aromatic N) is 3. The molecule has 41 heavy (non-hydrogen) atoms. The summed E-state index contributed by atoms with van der Waals surface area (Å²) in [6, 6.07) is 13.0. The Morgan fingerprint density at radius 3 is 2.34 bits per heavy atom. The summed E-state index contributed by atoms with van der Waals surface area (Å²) in [5.41, 5.74) is 6.56. The highest BCUT2D eigenvalue weighted by molar-refractivity contribution is 5.99. The van der Waals surface area contributed by atoms with Crippen LogP contribution in [0.3, 0.4) is 0 Å². The number of methoxy groups -OCH3 is 2. The Labute approximate surface area is 242 Å². The van der Waals surface area contributed by atoms with Gasteiger partial charge in [-0.05, 0) is 86.5 Å². The Balaban J connectivity index is 1.42. The molecule has 2 bridgehead atoms. The molecule has 3 aromatic rings. The summed E-state index contributed by atoms with van der Waals surface area (Å²) >= 11 is 0. The molecule has 4 heterocycles. The van der Waals surface area contributed by atoms with Gasteiger partial charge in [-0.2, -0.15) is 0 Å². The van der Waals surface area contributed by atoms with Crippen LogP contribution in [0.2, 0.25) is 0 Å². The highest BCUT2D eigenvalue weighted by Gasteiger charge is 2.44. The predicted octanol–water partition coefficient (Wildman–Crippen LogP) is 5.63. The van der Waals surface area contributed by atoms with Crippen LogP contribution < -0.4 is 4.74 Å². The van der Waals surface area contributed by atoms with Crippen molar-refractivity contribution in [2.24, 2.45) is 5.92 Å². The molecular weight excluding hydrogens is 514 g/mol. The molecule has 7 rings (SSSR count). The normalized spacial score (nSPS) is 24.6. The number of carbonyl (C=O) groups is 2. The average Bonchev–Trinajstić information content (AvgIpc) is 3.39. The second kappa shape index (κ2) is 10.5. The van der Waals surface area contributed by atoms with E-state index in [2.05, 4.69) is 39.6 Å². The summed E-state index contributed by atoms with van der Waals surface area (Å²) in [7, 11) is 5.31. The number of amides is 1. The molecule has 3 fully saturated rings. The molecule has 3 unspecified atom stereocenters. The standard InChI is InChI=1S/C34H41N3O4/c1-35-19-25-10-11-26(20-35)37(25)33(38)24-15-23-16-27(40-2)12-14-28(23)32-31(21-7-5-4-6-8-21)29-13-9-22(34(39)41-3)17-30(29)36(32)18-24/h9,12-14,16-17,21,24-26H,4-8,10-11,15,18-20H2,1-3H3. The number of likely N-dealkylation sites (tertiary alicyclic amines) is 1. The van der Waals surface area contributed by atoms with E-state index >= 15 is 0 Å². The van der Waals surface area contributed by atoms with Crippen LogP contribution in [0.4, 0.5) is 0 Å². The van der Waals surface area contributed by atoms with Crippen molar-refractivity contribution in [3.05, 3.63) is 53.1 Å². The van der Waals surface area contributed by atoms with Crippen LogP contribution in [-0.2, 0) is 22.5 Å². The van der Waals surface area contributed by atoms with Gasteiger partial charge < -0.3 is 23.8 Å². The number of benzene rings is 2. The molecule has 7 nitrogen and oxygen atoms in total. The van der Waals surface area contributed by atoms with Gasteiger partial charge in [-0.1, -0.05) is 25.3 Å². The van der Waals surface area contributed by atoms with Crippen molar-refractivity contribution >= 4 is 22.8 Å². The van der Waals surface area contributed by atoms with Crippen LogP contribution in [0, 0.1) is 5.92 Å². The molecule has 1 aromatic heterocycles. The van der Waals surface area contributed by atoms with Gasteiger partial charge >= 0.3 is 5.97 Å². The number of rotatable bonds is 4. The number of piperazine rings is 1. The van der Waals surface area contributed by atoms with Crippen LogP contribution in [0.15, 0.2) is 36.4 Å². The lowest BCUT2D eigenvalue weighted by molar-refractivity contribution is -0.141. The number of carbonyl (C=O) groups excluding carboxylic acids is 2. The maximum absolute atomic E-state index is 14.5. The summed E-state index contributed by atoms with van der Waals surface area (Å²) in [5, 5.41) is 1.20. The number of likely N-dealkylation sites (N-methyl/N-ethyl adjacent to an activating group) is 1. The largest absolute Gasteiger partial charge is 0.497 e. The molecule has 0 radical (unpaired) electrons. The first-order chi connectivity index (χ1) is 20.0. The van der Waals surface area contributed by atoms with Gasteiger partial charge in [-0.25, -0.2) is 4.79 Å². The van der Waals surface area contributed by atoms with Gasteiger partial charge in [-0.15, -0.1) is 0 Å². The van der Waals surface area contributed by atoms with Gasteiger partial charge in [0.05, 0.1) is 31.4 Å². The average molecular weight is 556 g/mol. The van der Waals surface area contributed by atoms with E-state index in [1.54, 1.807) is 7.11 Å². The Morgan fingerprint density at radius 2 is 1.63 bits per heavy atom.